The first-order valence-electron chi connectivity index (χ1n) is 24.6. The number of rotatable bonds is 37. The van der Waals surface area contributed by atoms with E-state index in [1.807, 2.05) is 0 Å². The van der Waals surface area contributed by atoms with Crippen LogP contribution in [0.1, 0.15) is 111 Å². The molecule has 0 bridgehead atoms. The number of unbranched alkanes of at least 4 members (excludes halogenated alkanes) is 1. The third-order valence-electron chi connectivity index (χ3n) is 12.0. The Morgan fingerprint density at radius 3 is 1.60 bits per heavy atom. The van der Waals surface area contributed by atoms with Gasteiger partial charge in [0.15, 0.2) is 5.96 Å². The molecule has 0 aromatic carbocycles. The Labute approximate surface area is 438 Å². The molecule has 29 nitrogen and oxygen atoms in total. The number of hydrogen-bond acceptors (Lipinski definition) is 16. The van der Waals surface area contributed by atoms with Crippen molar-refractivity contribution in [1.29, 1.82) is 0 Å². The topological polar surface area (TPSA) is 490 Å². The molecule has 30 heteroatoms. The Hall–Kier alpha value is -6.82. The van der Waals surface area contributed by atoms with Crippen molar-refractivity contribution in [3.05, 3.63) is 0 Å². The van der Waals surface area contributed by atoms with Gasteiger partial charge in [0.1, 0.15) is 48.3 Å². The van der Waals surface area contributed by atoms with Crippen molar-refractivity contribution in [2.24, 2.45) is 33.8 Å². The van der Waals surface area contributed by atoms with Crippen LogP contribution in [0.5, 0.6) is 0 Å². The molecule has 424 valence electrons. The number of nitrogens with two attached hydrogens (primary N) is 4. The molecule has 1 aliphatic rings. The summed E-state index contributed by atoms with van der Waals surface area (Å²) in [4.78, 5) is 162. The van der Waals surface area contributed by atoms with Crippen molar-refractivity contribution in [2.45, 2.75) is 165 Å². The fraction of sp³-hybridized carbons (Fsp3) is 0.711. The van der Waals surface area contributed by atoms with Gasteiger partial charge in [-0.25, -0.2) is 4.79 Å². The molecule has 0 unspecified atom stereocenters. The van der Waals surface area contributed by atoms with Gasteiger partial charge in [-0.15, -0.1) is 0 Å². The number of carbonyl (C=O) groups is 12. The van der Waals surface area contributed by atoms with Gasteiger partial charge in [0.05, 0.1) is 12.5 Å². The summed E-state index contributed by atoms with van der Waals surface area (Å²) in [6.07, 6.45) is -0.269. The van der Waals surface area contributed by atoms with E-state index in [2.05, 4.69) is 42.2 Å². The summed E-state index contributed by atoms with van der Waals surface area (Å²) in [6, 6.07) is -13.0. The zero-order valence-corrected chi connectivity index (χ0v) is 43.6. The number of carboxylic acids is 4. The highest BCUT2D eigenvalue weighted by Crippen LogP contribution is 2.19. The average Bonchev–Trinajstić information content (AvgIpc) is 3.84. The lowest BCUT2D eigenvalue weighted by atomic mass is 9.96. The standard InChI is InChI=1S/C45H77N13O16S/c1-5-23(2)35(57-39(68)27(14-16-33(61)62)52-37(66)26(13-15-32(59)60)53-41(70)31-12-9-20-58(31)43(72)24(3)47)42(71)54-28(17-21-75-4)38(67)56-30(22-34(63)64)40(69)51-25(11-8-19-50-45(48)49)36(65)55-29(44(73)74)10-6-7-18-46/h23-31,35H,5-22,46-47H2,1-4H3,(H,51,69)(H,52,66)(H,53,70)(H,54,71)(H,55,65)(H,56,67)(H,57,68)(H,59,60)(H,61,62)(H,63,64)(H,73,74)(H4,48,49,50)/t23-,24-,25-,26-,27-,28-,29-,30-,31-,35-/m0/s1. The first kappa shape index (κ1) is 66.2. The number of carboxylic acid groups (broad SMARTS) is 4. The van der Waals surface area contributed by atoms with Gasteiger partial charge in [-0.3, -0.25) is 57.7 Å². The van der Waals surface area contributed by atoms with Crippen molar-refractivity contribution in [3.63, 3.8) is 0 Å². The van der Waals surface area contributed by atoms with Gasteiger partial charge < -0.3 is 85.5 Å². The van der Waals surface area contributed by atoms with E-state index in [9.17, 15) is 78.0 Å². The number of likely N-dealkylation sites (tertiary alicyclic amines) is 1. The van der Waals surface area contributed by atoms with E-state index in [-0.39, 0.29) is 69.9 Å². The lowest BCUT2D eigenvalue weighted by molar-refractivity contribution is -0.143. The molecule has 8 amide bonds. The van der Waals surface area contributed by atoms with Gasteiger partial charge in [-0.05, 0) is 95.6 Å². The Bertz CT molecular complexity index is 2030. The predicted molar refractivity (Wildman–Crippen MR) is 271 cm³/mol. The van der Waals surface area contributed by atoms with Gasteiger partial charge in [0.2, 0.25) is 47.3 Å². The normalized spacial score (nSPS) is 16.6. The highest BCUT2D eigenvalue weighted by atomic mass is 32.2. The molecule has 0 saturated carbocycles. The van der Waals surface area contributed by atoms with Crippen LogP contribution in [0.2, 0.25) is 0 Å². The summed E-state index contributed by atoms with van der Waals surface area (Å²) in [5.41, 5.74) is 22.1. The minimum Gasteiger partial charge on any atom is -0.481 e. The maximum atomic E-state index is 14.2. The molecular weight excluding hydrogens is 1010 g/mol. The second-order valence-corrected chi connectivity index (χ2v) is 19.0. The van der Waals surface area contributed by atoms with Crippen LogP contribution >= 0.6 is 11.8 Å². The number of hydrogen-bond donors (Lipinski definition) is 15. The summed E-state index contributed by atoms with van der Waals surface area (Å²) in [5.74, 6) is -14.1. The molecule has 19 N–H and O–H groups in total. The summed E-state index contributed by atoms with van der Waals surface area (Å²) in [5, 5.41) is 55.4. The van der Waals surface area contributed by atoms with Gasteiger partial charge in [0, 0.05) is 25.9 Å². The van der Waals surface area contributed by atoms with E-state index in [0.717, 1.165) is 0 Å². The fourth-order valence-electron chi connectivity index (χ4n) is 7.62. The number of guanidine groups is 1. The lowest BCUT2D eigenvalue weighted by Crippen LogP contribution is -2.61. The van der Waals surface area contributed by atoms with Crippen molar-refractivity contribution in [2.75, 3.05) is 31.6 Å². The third-order valence-corrected chi connectivity index (χ3v) is 12.6. The van der Waals surface area contributed by atoms with E-state index in [1.54, 1.807) is 20.1 Å². The van der Waals surface area contributed by atoms with Crippen LogP contribution in [-0.2, 0) is 57.5 Å². The smallest absolute Gasteiger partial charge is 0.326 e. The number of carbonyl (C=O) groups excluding carboxylic acids is 8. The Kier molecular flexibility index (Phi) is 30.6. The second-order valence-electron chi connectivity index (χ2n) is 18.0. The number of amides is 8. The van der Waals surface area contributed by atoms with Crippen molar-refractivity contribution < 1.29 is 78.0 Å². The molecule has 0 radical (unpaired) electrons. The second kappa shape index (κ2) is 34.6. The van der Waals surface area contributed by atoms with E-state index in [0.29, 0.717) is 19.3 Å². The lowest BCUT2D eigenvalue weighted by Gasteiger charge is -2.30. The molecule has 0 spiro atoms. The summed E-state index contributed by atoms with van der Waals surface area (Å²) in [7, 11) is 0. The van der Waals surface area contributed by atoms with Crippen LogP contribution in [0, 0.1) is 5.92 Å². The SMILES string of the molecule is CC[C@H](C)[C@H](NC(=O)[C@H](CCC(=O)O)NC(=O)[C@H](CCC(=O)O)NC(=O)[C@@H]1CCCN1C(=O)[C@H](C)N)C(=O)N[C@@H](CCSC)C(=O)N[C@@H](CC(=O)O)C(=O)N[C@@H](CCCN=C(N)N)C(=O)N[C@@H](CCCCN)C(=O)O. The van der Waals surface area contributed by atoms with E-state index in [1.165, 1.54) is 23.6 Å². The summed E-state index contributed by atoms with van der Waals surface area (Å²) < 4.78 is 0. The van der Waals surface area contributed by atoms with E-state index in [4.69, 9.17) is 22.9 Å². The van der Waals surface area contributed by atoms with Gasteiger partial charge in [-0.1, -0.05) is 20.3 Å². The maximum Gasteiger partial charge on any atom is 0.326 e. The van der Waals surface area contributed by atoms with Crippen LogP contribution in [0.3, 0.4) is 0 Å². The van der Waals surface area contributed by atoms with Crippen LogP contribution in [0.25, 0.3) is 0 Å². The van der Waals surface area contributed by atoms with Crippen molar-refractivity contribution >= 4 is 88.9 Å². The molecule has 10 atom stereocenters. The third kappa shape index (κ3) is 24.8. The number of thioether (sulfide) groups is 1. The molecule has 1 rings (SSSR count). The maximum absolute atomic E-state index is 14.2. The summed E-state index contributed by atoms with van der Waals surface area (Å²) in [6.45, 7) is 5.09. The molecule has 1 saturated heterocycles. The van der Waals surface area contributed by atoms with Crippen molar-refractivity contribution in [3.8, 4) is 0 Å². The van der Waals surface area contributed by atoms with Crippen LogP contribution in [0.4, 0.5) is 0 Å². The minimum absolute atomic E-state index is 0.00417. The molecule has 1 heterocycles. The molecular formula is C45H77N13O16S. The molecule has 75 heavy (non-hydrogen) atoms. The Balaban J connectivity index is 3.50. The number of aliphatic carboxylic acids is 4. The van der Waals surface area contributed by atoms with Crippen LogP contribution < -0.4 is 60.2 Å². The fourth-order valence-corrected chi connectivity index (χ4v) is 8.09. The van der Waals surface area contributed by atoms with Gasteiger partial charge >= 0.3 is 23.9 Å². The highest BCUT2D eigenvalue weighted by Gasteiger charge is 2.39. The molecule has 0 aromatic heterocycles. The van der Waals surface area contributed by atoms with E-state index < -0.39 is 164 Å². The quantitative estimate of drug-likeness (QED) is 0.0160. The first-order valence-corrected chi connectivity index (χ1v) is 26.0. The number of aliphatic imine (C=N–C) groups is 1. The molecule has 0 aromatic rings. The zero-order chi connectivity index (χ0) is 56.9. The van der Waals surface area contributed by atoms with E-state index >= 15 is 0 Å². The average molecular weight is 1090 g/mol. The minimum atomic E-state index is -1.88. The number of nitrogens with one attached hydrogen (secondary N) is 7. The summed E-state index contributed by atoms with van der Waals surface area (Å²) >= 11 is 1.25. The highest BCUT2D eigenvalue weighted by molar-refractivity contribution is 7.98. The zero-order valence-electron chi connectivity index (χ0n) is 42.8. The first-order chi connectivity index (χ1) is 35.3. The monoisotopic (exact) mass is 1090 g/mol. The predicted octanol–water partition coefficient (Wildman–Crippen LogP) is -4.01. The molecule has 1 aliphatic heterocycles. The van der Waals surface area contributed by atoms with Crippen molar-refractivity contribution in [1.82, 2.24) is 42.1 Å². The Morgan fingerprint density at radius 2 is 1.11 bits per heavy atom. The largest absolute Gasteiger partial charge is 0.481 e. The van der Waals surface area contributed by atoms with Gasteiger partial charge in [-0.2, -0.15) is 11.8 Å². The Morgan fingerprint density at radius 1 is 0.627 bits per heavy atom. The molecule has 0 aliphatic carbocycles. The molecule has 1 fully saturated rings. The van der Waals surface area contributed by atoms with Crippen LogP contribution in [0.15, 0.2) is 4.99 Å². The number of nitrogens with zero attached hydrogens (tertiary/aromatic N) is 2. The van der Waals surface area contributed by atoms with Crippen LogP contribution in [-0.4, -0.2) is 188 Å². The van der Waals surface area contributed by atoms with Gasteiger partial charge in [0.25, 0.3) is 0 Å².